The second-order valence-corrected chi connectivity index (χ2v) is 7.32. The van der Waals surface area contributed by atoms with Gasteiger partial charge in [-0.15, -0.1) is 11.3 Å². The van der Waals surface area contributed by atoms with E-state index in [9.17, 15) is 0 Å². The lowest BCUT2D eigenvalue weighted by molar-refractivity contribution is 0.134. The fraction of sp³-hybridized carbons (Fsp3) is 0.714. The number of rotatable bonds is 5. The molecular weight excluding hydrogens is 308 g/mol. The summed E-state index contributed by atoms with van der Waals surface area (Å²) in [5.74, 6) is 0. The summed E-state index contributed by atoms with van der Waals surface area (Å²) in [6.45, 7) is 5.72. The number of hydrogen-bond acceptors (Lipinski definition) is 3. The molecule has 0 aromatic carbocycles. The van der Waals surface area contributed by atoms with Crippen LogP contribution in [-0.4, -0.2) is 31.1 Å². The molecule has 0 radical (unpaired) electrons. The zero-order chi connectivity index (χ0) is 13.0. The third-order valence-electron chi connectivity index (χ3n) is 3.74. The average molecular weight is 331 g/mol. The summed E-state index contributed by atoms with van der Waals surface area (Å²) in [5.41, 5.74) is 0. The van der Waals surface area contributed by atoms with Crippen LogP contribution in [0.25, 0.3) is 0 Å². The molecular formula is C14H23BrN2S. The van der Waals surface area contributed by atoms with Gasteiger partial charge in [0.05, 0.1) is 0 Å². The number of halogens is 1. The lowest BCUT2D eigenvalue weighted by Gasteiger charge is -2.35. The first-order chi connectivity index (χ1) is 8.70. The van der Waals surface area contributed by atoms with Crippen LogP contribution >= 0.6 is 27.3 Å². The molecule has 2 rings (SSSR count). The minimum Gasteiger partial charge on any atom is -0.320 e. The van der Waals surface area contributed by atoms with E-state index in [1.807, 2.05) is 18.4 Å². The molecule has 2 nitrogen and oxygen atoms in total. The van der Waals surface area contributed by atoms with Crippen LogP contribution in [0.5, 0.6) is 0 Å². The Morgan fingerprint density at radius 3 is 3.00 bits per heavy atom. The van der Waals surface area contributed by atoms with Crippen LogP contribution in [0.2, 0.25) is 0 Å². The molecule has 1 N–H and O–H groups in total. The Bertz CT molecular complexity index is 358. The van der Waals surface area contributed by atoms with Gasteiger partial charge in [-0.2, -0.15) is 0 Å². The largest absolute Gasteiger partial charge is 0.320 e. The molecule has 1 aliphatic rings. The second kappa shape index (κ2) is 7.04. The van der Waals surface area contributed by atoms with Crippen LogP contribution in [0, 0.1) is 6.92 Å². The van der Waals surface area contributed by atoms with Gasteiger partial charge in [0, 0.05) is 26.8 Å². The van der Waals surface area contributed by atoms with E-state index in [4.69, 9.17) is 0 Å². The Hall–Kier alpha value is 0.1000. The van der Waals surface area contributed by atoms with E-state index in [0.717, 1.165) is 19.1 Å². The predicted molar refractivity (Wildman–Crippen MR) is 83.3 cm³/mol. The Labute approximate surface area is 123 Å². The Morgan fingerprint density at radius 1 is 1.50 bits per heavy atom. The summed E-state index contributed by atoms with van der Waals surface area (Å²) >= 11 is 5.55. The highest BCUT2D eigenvalue weighted by Crippen LogP contribution is 2.29. The highest BCUT2D eigenvalue weighted by Gasteiger charge is 2.22. The maximum absolute atomic E-state index is 3.62. The van der Waals surface area contributed by atoms with Crippen LogP contribution in [0.15, 0.2) is 10.5 Å². The third-order valence-corrected chi connectivity index (χ3v) is 5.87. The molecule has 4 heteroatoms. The summed E-state index contributed by atoms with van der Waals surface area (Å²) in [6.07, 6.45) is 5.41. The van der Waals surface area contributed by atoms with Crippen molar-refractivity contribution in [3.63, 3.8) is 0 Å². The van der Waals surface area contributed by atoms with Crippen molar-refractivity contribution in [3.8, 4) is 0 Å². The highest BCUT2D eigenvalue weighted by molar-refractivity contribution is 9.10. The van der Waals surface area contributed by atoms with Gasteiger partial charge in [-0.05, 0) is 68.3 Å². The summed E-state index contributed by atoms with van der Waals surface area (Å²) in [5, 5.41) is 3.28. The highest BCUT2D eigenvalue weighted by atomic mass is 79.9. The van der Waals surface area contributed by atoms with Crippen molar-refractivity contribution in [2.75, 3.05) is 20.1 Å². The Morgan fingerprint density at radius 2 is 2.33 bits per heavy atom. The van der Waals surface area contributed by atoms with Gasteiger partial charge in [0.1, 0.15) is 0 Å². The van der Waals surface area contributed by atoms with Crippen LogP contribution in [0.4, 0.5) is 0 Å². The van der Waals surface area contributed by atoms with Crippen molar-refractivity contribution < 1.29 is 0 Å². The number of nitrogens with zero attached hydrogens (tertiary/aromatic N) is 1. The molecule has 18 heavy (non-hydrogen) atoms. The first kappa shape index (κ1) is 14.5. The van der Waals surface area contributed by atoms with E-state index in [1.54, 1.807) is 0 Å². The van der Waals surface area contributed by atoms with E-state index >= 15 is 0 Å². The van der Waals surface area contributed by atoms with Gasteiger partial charge >= 0.3 is 0 Å². The minimum absolute atomic E-state index is 0.771. The summed E-state index contributed by atoms with van der Waals surface area (Å²) < 4.78 is 1.27. The molecule has 1 aliphatic heterocycles. The molecule has 1 saturated heterocycles. The molecule has 0 bridgehead atoms. The number of aryl methyl sites for hydroxylation is 1. The van der Waals surface area contributed by atoms with Crippen LogP contribution in [-0.2, 0) is 6.54 Å². The van der Waals surface area contributed by atoms with Gasteiger partial charge in [-0.25, -0.2) is 0 Å². The Balaban J connectivity index is 1.96. The lowest BCUT2D eigenvalue weighted by Crippen LogP contribution is -2.40. The van der Waals surface area contributed by atoms with Crippen molar-refractivity contribution in [3.05, 3.63) is 20.3 Å². The van der Waals surface area contributed by atoms with Crippen molar-refractivity contribution in [1.29, 1.82) is 0 Å². The monoisotopic (exact) mass is 330 g/mol. The second-order valence-electron chi connectivity index (χ2n) is 5.13. The van der Waals surface area contributed by atoms with E-state index in [0.29, 0.717) is 0 Å². The molecule has 1 fully saturated rings. The summed E-state index contributed by atoms with van der Waals surface area (Å²) in [6, 6.07) is 3.07. The SMILES string of the molecule is CNCCC1CCCCN1Cc1cc(Br)c(C)s1. The number of piperidine rings is 1. The van der Waals surface area contributed by atoms with E-state index in [2.05, 4.69) is 39.1 Å². The zero-order valence-corrected chi connectivity index (χ0v) is 13.7. The van der Waals surface area contributed by atoms with Gasteiger partial charge in [0.25, 0.3) is 0 Å². The molecule has 1 atom stereocenters. The van der Waals surface area contributed by atoms with Gasteiger partial charge in [0.15, 0.2) is 0 Å². The van der Waals surface area contributed by atoms with Crippen molar-refractivity contribution in [2.45, 2.75) is 45.2 Å². The average Bonchev–Trinajstić information content (AvgIpc) is 2.67. The fourth-order valence-electron chi connectivity index (χ4n) is 2.70. The molecule has 0 amide bonds. The minimum atomic E-state index is 0.771. The molecule has 1 aromatic rings. The zero-order valence-electron chi connectivity index (χ0n) is 11.3. The normalized spacial score (nSPS) is 21.4. The molecule has 1 unspecified atom stereocenters. The molecule has 0 saturated carbocycles. The third kappa shape index (κ3) is 3.80. The molecule has 2 heterocycles. The maximum Gasteiger partial charge on any atom is 0.0331 e. The number of likely N-dealkylation sites (tertiary alicyclic amines) is 1. The maximum atomic E-state index is 3.62. The molecule has 0 spiro atoms. The molecule has 1 aromatic heterocycles. The standard InChI is InChI=1S/C14H23BrN2S/c1-11-14(15)9-13(18-11)10-17-8-4-3-5-12(17)6-7-16-2/h9,12,16H,3-8,10H2,1-2H3. The smallest absolute Gasteiger partial charge is 0.0331 e. The topological polar surface area (TPSA) is 15.3 Å². The van der Waals surface area contributed by atoms with E-state index < -0.39 is 0 Å². The van der Waals surface area contributed by atoms with Gasteiger partial charge in [-0.3, -0.25) is 4.90 Å². The van der Waals surface area contributed by atoms with Gasteiger partial charge in [0.2, 0.25) is 0 Å². The van der Waals surface area contributed by atoms with Crippen molar-refractivity contribution in [1.82, 2.24) is 10.2 Å². The van der Waals surface area contributed by atoms with Gasteiger partial charge in [-0.1, -0.05) is 6.42 Å². The van der Waals surface area contributed by atoms with Crippen molar-refractivity contribution >= 4 is 27.3 Å². The van der Waals surface area contributed by atoms with E-state index in [1.165, 1.54) is 46.5 Å². The van der Waals surface area contributed by atoms with Gasteiger partial charge < -0.3 is 5.32 Å². The lowest BCUT2D eigenvalue weighted by atomic mass is 9.99. The number of hydrogen-bond donors (Lipinski definition) is 1. The quantitative estimate of drug-likeness (QED) is 0.883. The van der Waals surface area contributed by atoms with E-state index in [-0.39, 0.29) is 0 Å². The number of thiophene rings is 1. The molecule has 0 aliphatic carbocycles. The molecule has 102 valence electrons. The Kier molecular flexibility index (Phi) is 5.67. The first-order valence-electron chi connectivity index (χ1n) is 6.84. The van der Waals surface area contributed by atoms with Crippen LogP contribution in [0.1, 0.15) is 35.4 Å². The van der Waals surface area contributed by atoms with Crippen LogP contribution < -0.4 is 5.32 Å². The summed E-state index contributed by atoms with van der Waals surface area (Å²) in [4.78, 5) is 5.57. The predicted octanol–water partition coefficient (Wildman–Crippen LogP) is 3.78. The fourth-order valence-corrected chi connectivity index (χ4v) is 4.33. The van der Waals surface area contributed by atoms with Crippen LogP contribution in [0.3, 0.4) is 0 Å². The number of nitrogens with one attached hydrogen (secondary N) is 1. The van der Waals surface area contributed by atoms with Crippen molar-refractivity contribution in [2.24, 2.45) is 0 Å². The first-order valence-corrected chi connectivity index (χ1v) is 8.45. The summed E-state index contributed by atoms with van der Waals surface area (Å²) in [7, 11) is 2.05.